The second-order valence-corrected chi connectivity index (χ2v) is 10.1. The van der Waals surface area contributed by atoms with E-state index in [9.17, 15) is 0 Å². The lowest BCUT2D eigenvalue weighted by molar-refractivity contribution is -0.111. The summed E-state index contributed by atoms with van der Waals surface area (Å²) in [5, 5.41) is 0. The van der Waals surface area contributed by atoms with E-state index in [1.54, 1.807) is 0 Å². The largest absolute Gasteiger partial charge is 0.372 e. The molecule has 2 nitrogen and oxygen atoms in total. The second kappa shape index (κ2) is 13.2. The number of ether oxygens (including phenoxy) is 1. The summed E-state index contributed by atoms with van der Waals surface area (Å²) in [6.07, 6.45) is 17.6. The van der Waals surface area contributed by atoms with Gasteiger partial charge in [0.15, 0.2) is 0 Å². The first kappa shape index (κ1) is 25.0. The third-order valence-corrected chi connectivity index (χ3v) is 6.83. The molecular formula is C25H51NO. The Bertz CT molecular complexity index is 351. The smallest absolute Gasteiger partial charge is 0.0658 e. The van der Waals surface area contributed by atoms with Crippen molar-refractivity contribution in [2.75, 3.05) is 19.6 Å². The fourth-order valence-electron chi connectivity index (χ4n) is 4.60. The molecule has 1 aliphatic heterocycles. The van der Waals surface area contributed by atoms with Crippen molar-refractivity contribution >= 4 is 0 Å². The lowest BCUT2D eigenvalue weighted by Gasteiger charge is -2.38. The van der Waals surface area contributed by atoms with Crippen LogP contribution >= 0.6 is 0 Å². The Hall–Kier alpha value is -0.0800. The Morgan fingerprint density at radius 2 is 1.33 bits per heavy atom. The van der Waals surface area contributed by atoms with Crippen molar-refractivity contribution in [1.82, 2.24) is 4.90 Å². The van der Waals surface area contributed by atoms with E-state index in [0.717, 1.165) is 0 Å². The van der Waals surface area contributed by atoms with Crippen molar-refractivity contribution in [3.05, 3.63) is 0 Å². The van der Waals surface area contributed by atoms with Crippen molar-refractivity contribution in [2.24, 2.45) is 5.41 Å². The van der Waals surface area contributed by atoms with Crippen LogP contribution in [-0.4, -0.2) is 36.2 Å². The predicted molar refractivity (Wildman–Crippen MR) is 121 cm³/mol. The maximum atomic E-state index is 6.59. The number of nitrogens with zero attached hydrogens (tertiary/aromatic N) is 1. The standard InChI is InChI=1S/C25H51NO/c1-7-17-25(6,18-8-2)27-23-15-21-26(22-16-23)20-14-12-10-11-13-19-24(4,5)9-3/h23H,7-22H2,1-6H3. The summed E-state index contributed by atoms with van der Waals surface area (Å²) in [6, 6.07) is 0. The third kappa shape index (κ3) is 10.9. The van der Waals surface area contributed by atoms with Gasteiger partial charge in [0.05, 0.1) is 11.7 Å². The first-order valence-corrected chi connectivity index (χ1v) is 12.2. The first-order chi connectivity index (χ1) is 12.8. The van der Waals surface area contributed by atoms with Gasteiger partial charge >= 0.3 is 0 Å². The number of rotatable bonds is 15. The summed E-state index contributed by atoms with van der Waals surface area (Å²) >= 11 is 0. The van der Waals surface area contributed by atoms with Crippen LogP contribution in [0.15, 0.2) is 0 Å². The number of piperidine rings is 1. The van der Waals surface area contributed by atoms with Crippen LogP contribution < -0.4 is 0 Å². The SMILES string of the molecule is CCCC(C)(CCC)OC1CCN(CCCCCCCC(C)(C)CC)CC1. The maximum absolute atomic E-state index is 6.59. The fraction of sp³-hybridized carbons (Fsp3) is 1.00. The molecular weight excluding hydrogens is 330 g/mol. The van der Waals surface area contributed by atoms with Crippen molar-refractivity contribution in [1.29, 1.82) is 0 Å². The van der Waals surface area contributed by atoms with Crippen LogP contribution in [0.4, 0.5) is 0 Å². The molecule has 1 saturated heterocycles. The van der Waals surface area contributed by atoms with Gasteiger partial charge in [0.2, 0.25) is 0 Å². The molecule has 0 aromatic heterocycles. The van der Waals surface area contributed by atoms with Crippen LogP contribution in [0.1, 0.15) is 125 Å². The van der Waals surface area contributed by atoms with E-state index in [4.69, 9.17) is 4.74 Å². The lowest BCUT2D eigenvalue weighted by atomic mass is 9.84. The molecule has 0 spiro atoms. The quantitative estimate of drug-likeness (QED) is 0.271. The van der Waals surface area contributed by atoms with Crippen LogP contribution in [-0.2, 0) is 4.74 Å². The van der Waals surface area contributed by atoms with Crippen molar-refractivity contribution in [2.45, 2.75) is 137 Å². The molecule has 1 fully saturated rings. The highest BCUT2D eigenvalue weighted by molar-refractivity contribution is 4.80. The first-order valence-electron chi connectivity index (χ1n) is 12.2. The van der Waals surface area contributed by atoms with Gasteiger partial charge < -0.3 is 9.64 Å². The lowest BCUT2D eigenvalue weighted by Crippen LogP contribution is -2.42. The van der Waals surface area contributed by atoms with Gasteiger partial charge in [0.25, 0.3) is 0 Å². The van der Waals surface area contributed by atoms with E-state index in [1.165, 1.54) is 103 Å². The summed E-state index contributed by atoms with van der Waals surface area (Å²) < 4.78 is 6.59. The van der Waals surface area contributed by atoms with Gasteiger partial charge in [-0.2, -0.15) is 0 Å². The molecule has 1 heterocycles. The monoisotopic (exact) mass is 381 g/mol. The molecule has 162 valence electrons. The van der Waals surface area contributed by atoms with Crippen LogP contribution in [0.2, 0.25) is 0 Å². The van der Waals surface area contributed by atoms with E-state index in [2.05, 4.69) is 46.4 Å². The van der Waals surface area contributed by atoms with Crippen molar-refractivity contribution in [3.63, 3.8) is 0 Å². The molecule has 0 amide bonds. The molecule has 0 saturated carbocycles. The highest BCUT2D eigenvalue weighted by atomic mass is 16.5. The van der Waals surface area contributed by atoms with Crippen LogP contribution in [0.25, 0.3) is 0 Å². The van der Waals surface area contributed by atoms with Crippen LogP contribution in [0.5, 0.6) is 0 Å². The van der Waals surface area contributed by atoms with Gasteiger partial charge in [0.1, 0.15) is 0 Å². The Balaban J connectivity index is 2.10. The molecule has 0 aromatic carbocycles. The topological polar surface area (TPSA) is 12.5 Å². The highest BCUT2D eigenvalue weighted by Gasteiger charge is 2.29. The molecule has 27 heavy (non-hydrogen) atoms. The molecule has 0 N–H and O–H groups in total. The second-order valence-electron chi connectivity index (χ2n) is 10.1. The molecule has 0 bridgehead atoms. The zero-order valence-electron chi connectivity index (χ0n) is 19.7. The van der Waals surface area contributed by atoms with E-state index in [1.807, 2.05) is 0 Å². The van der Waals surface area contributed by atoms with Gasteiger partial charge in [0, 0.05) is 13.1 Å². The molecule has 1 aliphatic rings. The van der Waals surface area contributed by atoms with Gasteiger partial charge in [-0.3, -0.25) is 0 Å². The average Bonchev–Trinajstić information content (AvgIpc) is 2.62. The van der Waals surface area contributed by atoms with E-state index in [-0.39, 0.29) is 5.60 Å². The molecule has 2 heteroatoms. The van der Waals surface area contributed by atoms with Crippen LogP contribution in [0.3, 0.4) is 0 Å². The maximum Gasteiger partial charge on any atom is 0.0658 e. The molecule has 1 rings (SSSR count). The zero-order chi connectivity index (χ0) is 20.2. The summed E-state index contributed by atoms with van der Waals surface area (Å²) in [5.41, 5.74) is 0.666. The molecule has 0 aliphatic carbocycles. The van der Waals surface area contributed by atoms with Gasteiger partial charge in [-0.1, -0.05) is 79.6 Å². The fourth-order valence-corrected chi connectivity index (χ4v) is 4.60. The predicted octanol–water partition coefficient (Wildman–Crippen LogP) is 7.60. The Kier molecular flexibility index (Phi) is 12.2. The van der Waals surface area contributed by atoms with Gasteiger partial charge in [-0.05, 0) is 57.4 Å². The van der Waals surface area contributed by atoms with E-state index < -0.39 is 0 Å². The Labute approximate surface area is 171 Å². The van der Waals surface area contributed by atoms with E-state index in [0.29, 0.717) is 11.5 Å². The third-order valence-electron chi connectivity index (χ3n) is 6.83. The Morgan fingerprint density at radius 1 is 0.778 bits per heavy atom. The molecule has 0 unspecified atom stereocenters. The minimum atomic E-state index is 0.114. The van der Waals surface area contributed by atoms with Crippen molar-refractivity contribution in [3.8, 4) is 0 Å². The minimum Gasteiger partial charge on any atom is -0.372 e. The summed E-state index contributed by atoms with van der Waals surface area (Å²) in [5.74, 6) is 0. The summed E-state index contributed by atoms with van der Waals surface area (Å²) in [6.45, 7) is 17.8. The number of unbranched alkanes of at least 4 members (excludes halogenated alkanes) is 4. The average molecular weight is 382 g/mol. The molecule has 0 aromatic rings. The molecule has 0 atom stereocenters. The highest BCUT2D eigenvalue weighted by Crippen LogP contribution is 2.29. The Morgan fingerprint density at radius 3 is 1.89 bits per heavy atom. The number of likely N-dealkylation sites (tertiary alicyclic amines) is 1. The summed E-state index contributed by atoms with van der Waals surface area (Å²) in [7, 11) is 0. The number of hydrogen-bond acceptors (Lipinski definition) is 2. The molecule has 0 radical (unpaired) electrons. The van der Waals surface area contributed by atoms with Crippen molar-refractivity contribution < 1.29 is 4.74 Å². The normalized spacial score (nSPS) is 17.6. The minimum absolute atomic E-state index is 0.114. The number of hydrogen-bond donors (Lipinski definition) is 0. The zero-order valence-corrected chi connectivity index (χ0v) is 19.7. The van der Waals surface area contributed by atoms with E-state index >= 15 is 0 Å². The van der Waals surface area contributed by atoms with Gasteiger partial charge in [-0.15, -0.1) is 0 Å². The van der Waals surface area contributed by atoms with Crippen LogP contribution in [0, 0.1) is 5.41 Å². The summed E-state index contributed by atoms with van der Waals surface area (Å²) in [4.78, 5) is 2.68. The van der Waals surface area contributed by atoms with Gasteiger partial charge in [-0.25, -0.2) is 0 Å².